The van der Waals surface area contributed by atoms with E-state index in [9.17, 15) is 5.11 Å². The maximum Gasteiger partial charge on any atom is 0.241 e. The molecule has 2 fully saturated rings. The highest BCUT2D eigenvalue weighted by Crippen LogP contribution is 2.58. The summed E-state index contributed by atoms with van der Waals surface area (Å²) < 4.78 is 12.4. The smallest absolute Gasteiger partial charge is 0.241 e. The van der Waals surface area contributed by atoms with Crippen LogP contribution in [0.4, 0.5) is 0 Å². The Morgan fingerprint density at radius 2 is 1.89 bits per heavy atom. The van der Waals surface area contributed by atoms with Crippen LogP contribution >= 0.6 is 0 Å². The zero-order chi connectivity index (χ0) is 21.3. The monoisotopic (exact) mass is 407 g/mol. The van der Waals surface area contributed by atoms with Crippen LogP contribution in [0.15, 0.2) is 24.5 Å². The molecular weight excluding hydrogens is 364 g/mol. The number of fused-ring (bicyclic) bond motifs is 1. The second kappa shape index (κ2) is 8.65. The molecule has 2 aliphatic rings. The van der Waals surface area contributed by atoms with Gasteiger partial charge in [0.2, 0.25) is 8.32 Å². The molecule has 0 saturated heterocycles. The molecular formula is C24H43O3Si. The van der Waals surface area contributed by atoms with Crippen LogP contribution in [0.5, 0.6) is 0 Å². The zero-order valence-corrected chi connectivity index (χ0v) is 20.3. The van der Waals surface area contributed by atoms with Gasteiger partial charge in [-0.15, -0.1) is 6.58 Å². The highest BCUT2D eigenvalue weighted by Gasteiger charge is 2.56. The highest BCUT2D eigenvalue weighted by molar-refractivity contribution is 6.70. The van der Waals surface area contributed by atoms with E-state index in [-0.39, 0.29) is 29.0 Å². The normalized spacial score (nSPS) is 37.1. The molecule has 0 aliphatic heterocycles. The number of allylic oxidation sites excluding steroid dienone is 2. The van der Waals surface area contributed by atoms with Gasteiger partial charge < -0.3 is 14.3 Å². The van der Waals surface area contributed by atoms with Gasteiger partial charge in [0, 0.05) is 10.8 Å². The summed E-state index contributed by atoms with van der Waals surface area (Å²) in [5.41, 5.74) is -0.431. The van der Waals surface area contributed by atoms with Crippen molar-refractivity contribution in [2.45, 2.75) is 91.6 Å². The predicted octanol–water partition coefficient (Wildman–Crippen LogP) is 6.32. The Kier molecular flexibility index (Phi) is 7.32. The van der Waals surface area contributed by atoms with E-state index in [0.717, 1.165) is 25.0 Å². The van der Waals surface area contributed by atoms with E-state index in [2.05, 4.69) is 60.2 Å². The second-order valence-corrected chi connectivity index (χ2v) is 15.1. The maximum atomic E-state index is 10.9. The molecule has 0 spiro atoms. The van der Waals surface area contributed by atoms with Crippen LogP contribution < -0.4 is 0 Å². The lowest BCUT2D eigenvalue weighted by molar-refractivity contribution is -0.129. The Balaban J connectivity index is 2.38. The van der Waals surface area contributed by atoms with Gasteiger partial charge in [-0.25, -0.2) is 0 Å². The van der Waals surface area contributed by atoms with Crippen LogP contribution in [0.1, 0.15) is 59.8 Å². The summed E-state index contributed by atoms with van der Waals surface area (Å²) in [6.45, 7) is 19.7. The van der Waals surface area contributed by atoms with Crippen molar-refractivity contribution < 1.29 is 14.3 Å². The van der Waals surface area contributed by atoms with Crippen LogP contribution in [0.3, 0.4) is 0 Å². The van der Waals surface area contributed by atoms with Gasteiger partial charge in [-0.2, -0.15) is 0 Å². The van der Waals surface area contributed by atoms with Gasteiger partial charge in [-0.05, 0) is 83.3 Å². The van der Waals surface area contributed by atoms with Crippen molar-refractivity contribution in [3.8, 4) is 0 Å². The third-order valence-electron chi connectivity index (χ3n) is 7.70. The summed E-state index contributed by atoms with van der Waals surface area (Å²) in [6, 6.07) is 0. The largest absolute Gasteiger partial charge is 0.547 e. The van der Waals surface area contributed by atoms with E-state index in [1.807, 2.05) is 13.0 Å². The number of aliphatic hydroxyl groups is 1. The van der Waals surface area contributed by atoms with Gasteiger partial charge in [0.25, 0.3) is 0 Å². The Labute approximate surface area is 174 Å². The molecule has 1 N–H and O–H groups in total. The van der Waals surface area contributed by atoms with E-state index >= 15 is 0 Å². The fraction of sp³-hybridized carbons (Fsp3) is 0.792. The Morgan fingerprint density at radius 3 is 2.39 bits per heavy atom. The number of rotatable bonds is 8. The van der Waals surface area contributed by atoms with E-state index < -0.39 is 8.32 Å². The van der Waals surface area contributed by atoms with Gasteiger partial charge in [-0.3, -0.25) is 0 Å². The van der Waals surface area contributed by atoms with Crippen LogP contribution in [0.2, 0.25) is 19.6 Å². The number of aliphatic hydroxyl groups excluding tert-OH is 1. The molecule has 2 rings (SSSR count). The summed E-state index contributed by atoms with van der Waals surface area (Å²) in [7, 11) is 2.15. The number of hydrogen-bond acceptors (Lipinski definition) is 3. The molecule has 0 aromatic rings. The second-order valence-electron chi connectivity index (χ2n) is 10.6. The minimum absolute atomic E-state index is 0.0637. The van der Waals surface area contributed by atoms with Crippen molar-refractivity contribution in [2.24, 2.45) is 28.6 Å². The fourth-order valence-electron chi connectivity index (χ4n) is 5.90. The number of hydrogen-bond donors (Lipinski definition) is 1. The van der Waals surface area contributed by atoms with E-state index in [1.54, 1.807) is 0 Å². The Hall–Kier alpha value is -0.583. The van der Waals surface area contributed by atoms with Crippen molar-refractivity contribution in [1.29, 1.82) is 0 Å². The van der Waals surface area contributed by atoms with Gasteiger partial charge in [-0.1, -0.05) is 26.0 Å². The third kappa shape index (κ3) is 4.44. The summed E-state index contributed by atoms with van der Waals surface area (Å²) in [5.74, 6) is 2.35. The molecule has 2 aliphatic carbocycles. The number of ether oxygens (including phenoxy) is 1. The molecule has 0 heterocycles. The molecule has 2 saturated carbocycles. The summed E-state index contributed by atoms with van der Waals surface area (Å²) in [6.07, 6.45) is 9.02. The molecule has 0 bridgehead atoms. The Morgan fingerprint density at radius 1 is 1.29 bits per heavy atom. The lowest BCUT2D eigenvalue weighted by Gasteiger charge is -2.54. The molecule has 161 valence electrons. The minimum atomic E-state index is -1.75. The van der Waals surface area contributed by atoms with E-state index in [0.29, 0.717) is 11.8 Å². The fourth-order valence-corrected chi connectivity index (χ4v) is 6.91. The van der Waals surface area contributed by atoms with Crippen molar-refractivity contribution >= 4 is 8.32 Å². The van der Waals surface area contributed by atoms with Crippen LogP contribution in [-0.2, 0) is 9.16 Å². The first-order chi connectivity index (χ1) is 12.9. The first-order valence-corrected chi connectivity index (χ1v) is 14.4. The first-order valence-electron chi connectivity index (χ1n) is 11.0. The maximum absolute atomic E-state index is 10.9. The molecule has 0 aromatic carbocycles. The molecule has 7 atom stereocenters. The lowest BCUT2D eigenvalue weighted by Crippen LogP contribution is -2.53. The lowest BCUT2D eigenvalue weighted by atomic mass is 9.54. The summed E-state index contributed by atoms with van der Waals surface area (Å²) in [5, 5.41) is 10.9. The first kappa shape index (κ1) is 23.7. The SMILES string of the molecule is [CH2]O[C@H](C[C@@](C)(C=C)/C(=C\C)O[Si](C)(C)C)C1(C)[C@H](C)CC[C@@H]2CCC(O)[C@@H]21. The standard InChI is InChI=1S/C24H43O3Si/c1-10-20(27-28(7,8)9)23(4,11-2)16-21(26-6)24(5)17(3)12-13-18-14-15-19(25)22(18)24/h10-11,17-19,21-22,25H,2,6,12-16H2,1,3-5,7-9H3/b20-10+/t17-,18-,19?,21-,22-,23-,24?/m1/s1. The van der Waals surface area contributed by atoms with Gasteiger partial charge in [0.05, 0.1) is 25.1 Å². The molecule has 1 radical (unpaired) electrons. The van der Waals surface area contributed by atoms with Gasteiger partial charge >= 0.3 is 0 Å². The predicted molar refractivity (Wildman–Crippen MR) is 120 cm³/mol. The zero-order valence-electron chi connectivity index (χ0n) is 19.3. The van der Waals surface area contributed by atoms with Crippen LogP contribution in [0, 0.1) is 35.7 Å². The molecule has 4 heteroatoms. The van der Waals surface area contributed by atoms with Crippen molar-refractivity contribution in [2.75, 3.05) is 0 Å². The van der Waals surface area contributed by atoms with Crippen molar-refractivity contribution in [3.05, 3.63) is 31.6 Å². The Bertz CT molecular complexity index is 581. The van der Waals surface area contributed by atoms with Crippen molar-refractivity contribution in [1.82, 2.24) is 0 Å². The highest BCUT2D eigenvalue weighted by atomic mass is 28.4. The van der Waals surface area contributed by atoms with Crippen LogP contribution in [-0.4, -0.2) is 25.6 Å². The average molecular weight is 408 g/mol. The minimum Gasteiger partial charge on any atom is -0.547 e. The molecule has 3 nitrogen and oxygen atoms in total. The van der Waals surface area contributed by atoms with E-state index in [4.69, 9.17) is 9.16 Å². The van der Waals surface area contributed by atoms with Gasteiger partial charge in [0.15, 0.2) is 0 Å². The average Bonchev–Trinajstić information content (AvgIpc) is 3.01. The van der Waals surface area contributed by atoms with Crippen LogP contribution in [0.25, 0.3) is 0 Å². The quantitative estimate of drug-likeness (QED) is 0.290. The summed E-state index contributed by atoms with van der Waals surface area (Å²) >= 11 is 0. The van der Waals surface area contributed by atoms with E-state index in [1.165, 1.54) is 12.8 Å². The summed E-state index contributed by atoms with van der Waals surface area (Å²) in [4.78, 5) is 0. The molecule has 0 amide bonds. The molecule has 0 aromatic heterocycles. The molecule has 28 heavy (non-hydrogen) atoms. The van der Waals surface area contributed by atoms with Crippen molar-refractivity contribution in [3.63, 3.8) is 0 Å². The third-order valence-corrected chi connectivity index (χ3v) is 8.53. The molecule has 2 unspecified atom stereocenters. The van der Waals surface area contributed by atoms with Gasteiger partial charge in [0.1, 0.15) is 0 Å². The topological polar surface area (TPSA) is 38.7 Å².